The molecule has 0 aromatic carbocycles. The maximum absolute atomic E-state index is 8.87. The molecule has 2 N–H and O–H groups in total. The van der Waals surface area contributed by atoms with Crippen LogP contribution in [0.3, 0.4) is 0 Å². The Bertz CT molecular complexity index is 625. The Hall–Kier alpha value is -1.88. The molecule has 0 spiro atoms. The van der Waals surface area contributed by atoms with Gasteiger partial charge in [0.15, 0.2) is 0 Å². The average molecular weight is 227 g/mol. The fourth-order valence-corrected chi connectivity index (χ4v) is 2.44. The van der Waals surface area contributed by atoms with Crippen LogP contribution in [0.2, 0.25) is 0 Å². The average Bonchev–Trinajstić information content (AvgIpc) is 2.72. The molecule has 0 radical (unpaired) electrons. The Balaban J connectivity index is 2.77. The van der Waals surface area contributed by atoms with Gasteiger partial charge < -0.3 is 5.73 Å². The van der Waals surface area contributed by atoms with Gasteiger partial charge in [0.05, 0.1) is 10.8 Å². The normalized spacial score (nSPS) is 11.6. The van der Waals surface area contributed by atoms with Crippen LogP contribution in [-0.4, -0.2) is 4.98 Å². The van der Waals surface area contributed by atoms with Crippen molar-refractivity contribution in [2.24, 2.45) is 5.73 Å². The maximum Gasteiger partial charge on any atom is 0.121 e. The number of pyridine rings is 1. The van der Waals surface area contributed by atoms with Gasteiger partial charge in [-0.15, -0.1) is 17.3 Å². The molecule has 2 aromatic rings. The maximum atomic E-state index is 8.87. The smallest absolute Gasteiger partial charge is 0.121 e. The van der Waals surface area contributed by atoms with Gasteiger partial charge in [-0.25, -0.2) is 0 Å². The molecule has 0 aliphatic rings. The largest absolute Gasteiger partial charge is 0.312 e. The van der Waals surface area contributed by atoms with Gasteiger partial charge in [-0.2, -0.15) is 5.26 Å². The highest BCUT2D eigenvalue weighted by atomic mass is 32.1. The van der Waals surface area contributed by atoms with Crippen LogP contribution in [0.1, 0.15) is 24.1 Å². The van der Waals surface area contributed by atoms with Crippen LogP contribution in [0.5, 0.6) is 0 Å². The Kier molecular flexibility index (Phi) is 2.87. The first kappa shape index (κ1) is 10.6. The predicted octanol–water partition coefficient (Wildman–Crippen LogP) is 2.19. The summed E-state index contributed by atoms with van der Waals surface area (Å²) in [4.78, 5) is 4.09. The zero-order chi connectivity index (χ0) is 11.5. The molecule has 0 aliphatic carbocycles. The number of hydrogen-bond donors (Lipinski definition) is 1. The van der Waals surface area contributed by atoms with Gasteiger partial charge in [-0.05, 0) is 6.92 Å². The van der Waals surface area contributed by atoms with Crippen molar-refractivity contribution in [1.29, 1.82) is 5.26 Å². The van der Waals surface area contributed by atoms with Crippen molar-refractivity contribution in [2.75, 3.05) is 0 Å². The molecule has 16 heavy (non-hydrogen) atoms. The molecule has 2 rings (SSSR count). The molecular weight excluding hydrogens is 218 g/mol. The number of aromatic nitrogens is 1. The van der Waals surface area contributed by atoms with E-state index in [1.165, 1.54) is 0 Å². The zero-order valence-corrected chi connectivity index (χ0v) is 9.51. The minimum absolute atomic E-state index is 0.650. The molecular formula is C12H9N3S. The number of nitrogens with zero attached hydrogens (tertiary/aromatic N) is 2. The quantitative estimate of drug-likeness (QED) is 0.759. The summed E-state index contributed by atoms with van der Waals surface area (Å²) >= 11 is 1.57. The molecule has 0 saturated heterocycles. The first-order valence-corrected chi connectivity index (χ1v) is 5.59. The van der Waals surface area contributed by atoms with Gasteiger partial charge in [-0.1, -0.05) is 5.92 Å². The molecule has 0 amide bonds. The summed E-state index contributed by atoms with van der Waals surface area (Å²) in [6.07, 6.45) is 3.41. The summed E-state index contributed by atoms with van der Waals surface area (Å²) < 4.78 is 1.01. The number of hydrogen-bond acceptors (Lipinski definition) is 4. The van der Waals surface area contributed by atoms with Crippen molar-refractivity contribution in [3.63, 3.8) is 0 Å². The van der Waals surface area contributed by atoms with Crippen LogP contribution in [0, 0.1) is 23.2 Å². The van der Waals surface area contributed by atoms with Crippen molar-refractivity contribution >= 4 is 21.4 Å². The molecule has 0 aliphatic heterocycles. The number of nitrogens with two attached hydrogens (primary N) is 1. The highest BCUT2D eigenvalue weighted by Gasteiger charge is 2.13. The van der Waals surface area contributed by atoms with Crippen LogP contribution in [0.15, 0.2) is 17.8 Å². The summed E-state index contributed by atoms with van der Waals surface area (Å²) in [5, 5.41) is 11.8. The molecule has 2 aromatic heterocycles. The van der Waals surface area contributed by atoms with E-state index >= 15 is 0 Å². The first-order valence-electron chi connectivity index (χ1n) is 4.71. The third-order valence-corrected chi connectivity index (χ3v) is 3.16. The van der Waals surface area contributed by atoms with Gasteiger partial charge in [0.2, 0.25) is 0 Å². The Morgan fingerprint density at radius 1 is 1.50 bits per heavy atom. The van der Waals surface area contributed by atoms with Crippen LogP contribution in [0.25, 0.3) is 10.1 Å². The number of fused-ring (bicyclic) bond motifs is 1. The molecule has 1 unspecified atom stereocenters. The number of nitriles is 1. The van der Waals surface area contributed by atoms with E-state index in [2.05, 4.69) is 16.8 Å². The lowest BCUT2D eigenvalue weighted by Gasteiger charge is -2.04. The van der Waals surface area contributed by atoms with E-state index in [1.54, 1.807) is 30.7 Å². The summed E-state index contributed by atoms with van der Waals surface area (Å²) in [5.74, 6) is 5.88. The van der Waals surface area contributed by atoms with Crippen LogP contribution in [0.4, 0.5) is 0 Å². The minimum atomic E-state index is -0.650. The first-order chi connectivity index (χ1) is 7.77. The van der Waals surface area contributed by atoms with Crippen molar-refractivity contribution in [2.45, 2.75) is 13.0 Å². The molecule has 0 saturated carbocycles. The predicted molar refractivity (Wildman–Crippen MR) is 64.7 cm³/mol. The van der Waals surface area contributed by atoms with E-state index in [1.807, 2.05) is 11.4 Å². The lowest BCUT2D eigenvalue weighted by molar-refractivity contribution is 0.928. The topological polar surface area (TPSA) is 62.7 Å². The van der Waals surface area contributed by atoms with Crippen molar-refractivity contribution in [3.05, 3.63) is 28.9 Å². The SMILES string of the molecule is CC#Cc1csc2cncc(C(N)C#N)c12. The lowest BCUT2D eigenvalue weighted by Crippen LogP contribution is -2.08. The van der Waals surface area contributed by atoms with E-state index in [0.29, 0.717) is 0 Å². The number of rotatable bonds is 1. The highest BCUT2D eigenvalue weighted by Crippen LogP contribution is 2.30. The summed E-state index contributed by atoms with van der Waals surface area (Å²) in [6.45, 7) is 1.79. The van der Waals surface area contributed by atoms with Gasteiger partial charge >= 0.3 is 0 Å². The molecule has 1 atom stereocenters. The van der Waals surface area contributed by atoms with E-state index < -0.39 is 6.04 Å². The second-order valence-electron chi connectivity index (χ2n) is 3.23. The Labute approximate surface area is 97.5 Å². The van der Waals surface area contributed by atoms with Crippen LogP contribution >= 0.6 is 11.3 Å². The molecule has 0 bridgehead atoms. The van der Waals surface area contributed by atoms with Crippen molar-refractivity contribution in [3.8, 4) is 17.9 Å². The molecule has 3 nitrogen and oxygen atoms in total. The van der Waals surface area contributed by atoms with E-state index in [0.717, 1.165) is 21.2 Å². The van der Waals surface area contributed by atoms with E-state index in [9.17, 15) is 0 Å². The van der Waals surface area contributed by atoms with Crippen LogP contribution in [-0.2, 0) is 0 Å². The zero-order valence-electron chi connectivity index (χ0n) is 8.69. The second kappa shape index (κ2) is 4.32. The molecule has 0 fully saturated rings. The highest BCUT2D eigenvalue weighted by molar-refractivity contribution is 7.17. The molecule has 4 heteroatoms. The summed E-state index contributed by atoms with van der Waals surface area (Å²) in [5.41, 5.74) is 7.41. The fraction of sp³-hybridized carbons (Fsp3) is 0.167. The molecule has 2 heterocycles. The van der Waals surface area contributed by atoms with Gasteiger partial charge in [0.1, 0.15) is 6.04 Å². The van der Waals surface area contributed by atoms with Crippen molar-refractivity contribution in [1.82, 2.24) is 4.98 Å². The number of thiophene rings is 1. The Morgan fingerprint density at radius 3 is 3.00 bits per heavy atom. The second-order valence-corrected chi connectivity index (χ2v) is 4.14. The summed E-state index contributed by atoms with van der Waals surface area (Å²) in [6, 6.07) is 1.38. The molecule has 78 valence electrons. The Morgan fingerprint density at radius 2 is 2.31 bits per heavy atom. The third kappa shape index (κ3) is 1.65. The van der Waals surface area contributed by atoms with Gasteiger partial charge in [-0.3, -0.25) is 4.98 Å². The van der Waals surface area contributed by atoms with Gasteiger partial charge in [0.25, 0.3) is 0 Å². The standard InChI is InChI=1S/C12H9N3S/c1-2-3-8-7-16-11-6-15-5-9(12(8)11)10(14)4-13/h5-7,10H,14H2,1H3. The third-order valence-electron chi connectivity index (χ3n) is 2.25. The van der Waals surface area contributed by atoms with Crippen LogP contribution < -0.4 is 5.73 Å². The fourth-order valence-electron chi connectivity index (χ4n) is 1.55. The van der Waals surface area contributed by atoms with E-state index in [-0.39, 0.29) is 0 Å². The minimum Gasteiger partial charge on any atom is -0.312 e. The summed E-state index contributed by atoms with van der Waals surface area (Å²) in [7, 11) is 0. The lowest BCUT2D eigenvalue weighted by atomic mass is 10.0. The van der Waals surface area contributed by atoms with Crippen molar-refractivity contribution < 1.29 is 0 Å². The van der Waals surface area contributed by atoms with E-state index in [4.69, 9.17) is 11.0 Å². The van der Waals surface area contributed by atoms with Gasteiger partial charge in [0, 0.05) is 34.3 Å². The monoisotopic (exact) mass is 227 g/mol.